The number of furan rings is 1. The lowest BCUT2D eigenvalue weighted by Crippen LogP contribution is -2.07. The van der Waals surface area contributed by atoms with Gasteiger partial charge in [-0.1, -0.05) is 140 Å². The van der Waals surface area contributed by atoms with Crippen LogP contribution < -0.4 is 0 Å². The Morgan fingerprint density at radius 3 is 1.94 bits per heavy atom. The fourth-order valence-electron chi connectivity index (χ4n) is 8.29. The van der Waals surface area contributed by atoms with Gasteiger partial charge in [0.2, 0.25) is 0 Å². The molecule has 0 saturated heterocycles. The highest BCUT2D eigenvalue weighted by atomic mass is 16.3. The maximum atomic E-state index is 6.54. The normalized spacial score (nSPS) is 15.1. The second kappa shape index (κ2) is 12.9. The Hall–Kier alpha value is -6.52. The summed E-state index contributed by atoms with van der Waals surface area (Å²) in [5.74, 6) is 0.726. The fraction of sp³-hybridized carbons (Fsp3) is 0.102. The summed E-state index contributed by atoms with van der Waals surface area (Å²) < 4.78 is 8.98. The van der Waals surface area contributed by atoms with E-state index in [0.29, 0.717) is 0 Å². The summed E-state index contributed by atoms with van der Waals surface area (Å²) in [6, 6.07) is 51.3. The van der Waals surface area contributed by atoms with Crippen LogP contribution in [0.2, 0.25) is 0 Å². The van der Waals surface area contributed by atoms with Gasteiger partial charge in [-0.25, -0.2) is 9.98 Å². The van der Waals surface area contributed by atoms with Gasteiger partial charge >= 0.3 is 0 Å². The van der Waals surface area contributed by atoms with Crippen LogP contribution in [0.4, 0.5) is 0 Å². The summed E-state index contributed by atoms with van der Waals surface area (Å²) in [6.07, 6.45) is 8.06. The Morgan fingerprint density at radius 1 is 0.566 bits per heavy atom. The van der Waals surface area contributed by atoms with Crippen LogP contribution in [0, 0.1) is 0 Å². The Balaban J connectivity index is 1.14. The van der Waals surface area contributed by atoms with Gasteiger partial charge in [-0.15, -0.1) is 0 Å². The molecule has 0 N–H and O–H groups in total. The van der Waals surface area contributed by atoms with E-state index in [0.717, 1.165) is 87.1 Å². The molecule has 3 heterocycles. The van der Waals surface area contributed by atoms with Crippen molar-refractivity contribution >= 4 is 61.0 Å². The predicted molar refractivity (Wildman–Crippen MR) is 222 cm³/mol. The van der Waals surface area contributed by atoms with Gasteiger partial charge in [0.25, 0.3) is 0 Å². The second-order valence-corrected chi connectivity index (χ2v) is 13.9. The molecule has 2 aliphatic rings. The number of aromatic nitrogens is 1. The number of hydrogen-bond acceptors (Lipinski definition) is 3. The molecule has 10 rings (SSSR count). The molecule has 0 radical (unpaired) electrons. The van der Waals surface area contributed by atoms with E-state index in [1.54, 1.807) is 0 Å². The summed E-state index contributed by atoms with van der Waals surface area (Å²) in [5, 5.41) is 4.80. The molecule has 0 bridgehead atoms. The van der Waals surface area contributed by atoms with Crippen LogP contribution in [0.5, 0.6) is 0 Å². The van der Waals surface area contributed by atoms with Gasteiger partial charge in [-0.05, 0) is 65.8 Å². The van der Waals surface area contributed by atoms with Gasteiger partial charge in [0.1, 0.15) is 11.2 Å². The molecule has 0 spiro atoms. The molecule has 0 fully saturated rings. The number of rotatable bonds is 6. The Bertz CT molecular complexity index is 2840. The van der Waals surface area contributed by atoms with Crippen molar-refractivity contribution in [1.29, 1.82) is 0 Å². The highest BCUT2D eigenvalue weighted by Crippen LogP contribution is 2.40. The van der Waals surface area contributed by atoms with Crippen LogP contribution in [-0.4, -0.2) is 16.1 Å². The van der Waals surface area contributed by atoms with Crippen LogP contribution in [0.15, 0.2) is 189 Å². The van der Waals surface area contributed by atoms with E-state index < -0.39 is 0 Å². The molecule has 4 heteroatoms. The van der Waals surface area contributed by atoms with E-state index in [1.165, 1.54) is 38.6 Å². The summed E-state index contributed by atoms with van der Waals surface area (Å²) in [5.41, 5.74) is 14.4. The topological polar surface area (TPSA) is 42.8 Å². The van der Waals surface area contributed by atoms with Gasteiger partial charge in [0, 0.05) is 44.8 Å². The molecule has 6 aromatic carbocycles. The van der Waals surface area contributed by atoms with Crippen molar-refractivity contribution in [3.05, 3.63) is 186 Å². The standard InChI is InChI=1S/C49H37N3O/c1-2-32-31-43(33-15-4-3-5-16-33)50-49(42-21-7-6-17-36(42)40-22-14-23-41-39-20-10-13-26-46(39)53-48(40)41)51-47(32)34-27-29-35(30-28-34)52-44-24-11-8-18-37(44)38-19-9-12-25-45(38)52/h3-27,29H,2,28,30-31H2,1H3. The zero-order chi connectivity index (χ0) is 35.3. The first-order valence-electron chi connectivity index (χ1n) is 18.6. The zero-order valence-corrected chi connectivity index (χ0v) is 29.6. The van der Waals surface area contributed by atoms with Gasteiger partial charge in [0.15, 0.2) is 5.84 Å². The van der Waals surface area contributed by atoms with Gasteiger partial charge in [-0.3, -0.25) is 0 Å². The summed E-state index contributed by atoms with van der Waals surface area (Å²) in [4.78, 5) is 11.0. The maximum Gasteiger partial charge on any atom is 0.160 e. The molecular weight excluding hydrogens is 647 g/mol. The van der Waals surface area contributed by atoms with E-state index in [1.807, 2.05) is 12.1 Å². The first-order chi connectivity index (χ1) is 26.2. The van der Waals surface area contributed by atoms with Gasteiger partial charge in [0.05, 0.1) is 22.4 Å². The van der Waals surface area contributed by atoms with Crippen molar-refractivity contribution in [3.63, 3.8) is 0 Å². The highest BCUT2D eigenvalue weighted by Gasteiger charge is 2.24. The van der Waals surface area contributed by atoms with E-state index >= 15 is 0 Å². The van der Waals surface area contributed by atoms with Crippen molar-refractivity contribution in [2.75, 3.05) is 0 Å². The molecule has 0 atom stereocenters. The number of allylic oxidation sites excluding steroid dienone is 5. The van der Waals surface area contributed by atoms with E-state index in [2.05, 4.69) is 157 Å². The lowest BCUT2D eigenvalue weighted by molar-refractivity contribution is 0.670. The largest absolute Gasteiger partial charge is 0.455 e. The zero-order valence-electron chi connectivity index (χ0n) is 29.6. The van der Waals surface area contributed by atoms with E-state index in [9.17, 15) is 0 Å². The molecule has 1 aliphatic carbocycles. The highest BCUT2D eigenvalue weighted by molar-refractivity contribution is 6.18. The van der Waals surface area contributed by atoms with Gasteiger partial charge < -0.3 is 8.98 Å². The molecule has 1 aliphatic heterocycles. The fourth-order valence-corrected chi connectivity index (χ4v) is 8.29. The number of amidine groups is 1. The number of para-hydroxylation sites is 4. The lowest BCUT2D eigenvalue weighted by atomic mass is 9.92. The molecule has 0 amide bonds. The number of hydrogen-bond donors (Lipinski definition) is 0. The van der Waals surface area contributed by atoms with Crippen LogP contribution in [0.25, 0.3) is 60.6 Å². The number of aliphatic imine (C=N–C) groups is 2. The minimum atomic E-state index is 0.726. The van der Waals surface area contributed by atoms with Crippen LogP contribution in [-0.2, 0) is 0 Å². The van der Waals surface area contributed by atoms with Crippen molar-refractivity contribution < 1.29 is 4.42 Å². The van der Waals surface area contributed by atoms with Crippen molar-refractivity contribution in [2.24, 2.45) is 9.98 Å². The third kappa shape index (κ3) is 5.29. The Morgan fingerprint density at radius 2 is 1.21 bits per heavy atom. The SMILES string of the molecule is CCC1=C(C2=CC=C(n3c4ccccc4c4ccccc43)CC2)N=C(c2ccccc2-c2cccc3c2oc2ccccc23)N=C(c2ccccc2)C1. The molecule has 53 heavy (non-hydrogen) atoms. The number of fused-ring (bicyclic) bond motifs is 6. The third-order valence-corrected chi connectivity index (χ3v) is 10.9. The Kier molecular flexibility index (Phi) is 7.61. The molecule has 4 nitrogen and oxygen atoms in total. The first kappa shape index (κ1) is 31.2. The van der Waals surface area contributed by atoms with Gasteiger partial charge in [-0.2, -0.15) is 0 Å². The molecule has 0 saturated carbocycles. The van der Waals surface area contributed by atoms with E-state index in [4.69, 9.17) is 14.4 Å². The smallest absolute Gasteiger partial charge is 0.160 e. The minimum Gasteiger partial charge on any atom is -0.455 e. The van der Waals surface area contributed by atoms with Crippen molar-refractivity contribution in [1.82, 2.24) is 4.57 Å². The number of benzene rings is 6. The predicted octanol–water partition coefficient (Wildman–Crippen LogP) is 12.9. The van der Waals surface area contributed by atoms with Crippen LogP contribution in [0.3, 0.4) is 0 Å². The quantitative estimate of drug-likeness (QED) is 0.172. The van der Waals surface area contributed by atoms with Crippen molar-refractivity contribution in [2.45, 2.75) is 32.6 Å². The maximum absolute atomic E-state index is 6.54. The first-order valence-corrected chi connectivity index (χ1v) is 18.6. The average Bonchev–Trinajstić information content (AvgIpc) is 3.70. The number of nitrogens with zero attached hydrogens (tertiary/aromatic N) is 3. The minimum absolute atomic E-state index is 0.726. The van der Waals surface area contributed by atoms with E-state index in [-0.39, 0.29) is 0 Å². The third-order valence-electron chi connectivity index (χ3n) is 10.9. The lowest BCUT2D eigenvalue weighted by Gasteiger charge is -2.20. The molecular formula is C49H37N3O. The molecule has 8 aromatic rings. The summed E-state index contributed by atoms with van der Waals surface area (Å²) in [7, 11) is 0. The second-order valence-electron chi connectivity index (χ2n) is 13.9. The van der Waals surface area contributed by atoms with Crippen molar-refractivity contribution in [3.8, 4) is 11.1 Å². The summed E-state index contributed by atoms with van der Waals surface area (Å²) in [6.45, 7) is 2.25. The Labute approximate surface area is 308 Å². The molecule has 0 unspecified atom stereocenters. The molecule has 254 valence electrons. The monoisotopic (exact) mass is 683 g/mol. The average molecular weight is 684 g/mol. The molecule has 2 aromatic heterocycles. The summed E-state index contributed by atoms with van der Waals surface area (Å²) >= 11 is 0. The van der Waals surface area contributed by atoms with Crippen LogP contribution >= 0.6 is 0 Å². The van der Waals surface area contributed by atoms with Crippen LogP contribution in [0.1, 0.15) is 43.7 Å².